The topological polar surface area (TPSA) is 38.7 Å². The highest BCUT2D eigenvalue weighted by Gasteiger charge is 2.29. The van der Waals surface area contributed by atoms with Crippen molar-refractivity contribution in [2.45, 2.75) is 0 Å². The van der Waals surface area contributed by atoms with Crippen LogP contribution in [-0.4, -0.2) is 18.6 Å². The molecule has 0 spiro atoms. The van der Waals surface area contributed by atoms with E-state index in [0.717, 1.165) is 0 Å². The maximum absolute atomic E-state index is 11.6. The van der Waals surface area contributed by atoms with Crippen molar-refractivity contribution in [3.05, 3.63) is 44.4 Å². The van der Waals surface area contributed by atoms with Gasteiger partial charge in [-0.05, 0) is 24.3 Å². The molecular weight excluding hydrogens is 344 g/mol. The van der Waals surface area contributed by atoms with Gasteiger partial charge in [0.05, 0.1) is 22.9 Å². The Labute approximate surface area is 135 Å². The summed E-state index contributed by atoms with van der Waals surface area (Å²) in [5.74, 6) is 0.0733. The molecule has 7 heteroatoms. The number of ether oxygens (including phenoxy) is 1. The van der Waals surface area contributed by atoms with E-state index in [1.54, 1.807) is 31.4 Å². The Morgan fingerprint density at radius 3 is 1.85 bits per heavy atom. The number of hydrogen-bond acceptors (Lipinski definition) is 3. The molecule has 0 saturated carbocycles. The smallest absolute Gasteiger partial charge is 0.218 e. The maximum atomic E-state index is 11.6. The molecular formula is C13H7Cl4NO2. The Balaban J connectivity index is 2.49. The summed E-state index contributed by atoms with van der Waals surface area (Å²) in [5, 5.41) is -0.453. The van der Waals surface area contributed by atoms with Crippen molar-refractivity contribution in [2.24, 2.45) is 4.99 Å². The van der Waals surface area contributed by atoms with Gasteiger partial charge < -0.3 is 4.74 Å². The molecule has 0 saturated heterocycles. The van der Waals surface area contributed by atoms with E-state index in [9.17, 15) is 4.79 Å². The van der Waals surface area contributed by atoms with Crippen molar-refractivity contribution in [2.75, 3.05) is 7.11 Å². The lowest BCUT2D eigenvalue weighted by atomic mass is 10.1. The summed E-state index contributed by atoms with van der Waals surface area (Å²) < 4.78 is 5.04. The van der Waals surface area contributed by atoms with Gasteiger partial charge in [-0.15, -0.1) is 0 Å². The van der Waals surface area contributed by atoms with Gasteiger partial charge in [-0.25, -0.2) is 4.99 Å². The molecule has 0 N–H and O–H groups in total. The predicted octanol–water partition coefficient (Wildman–Crippen LogP) is 4.73. The summed E-state index contributed by atoms with van der Waals surface area (Å²) in [6.07, 6.45) is 0. The molecule has 0 unspecified atom stereocenters. The van der Waals surface area contributed by atoms with Crippen LogP contribution >= 0.6 is 46.4 Å². The van der Waals surface area contributed by atoms with Gasteiger partial charge in [-0.3, -0.25) is 4.79 Å². The summed E-state index contributed by atoms with van der Waals surface area (Å²) in [6, 6.07) is 6.87. The van der Waals surface area contributed by atoms with Crippen LogP contribution in [0.4, 0.5) is 5.69 Å². The zero-order chi connectivity index (χ0) is 14.9. The number of ketones is 1. The summed E-state index contributed by atoms with van der Waals surface area (Å²) in [5.41, 5.74) is 0.730. The van der Waals surface area contributed by atoms with Gasteiger partial charge in [0.1, 0.15) is 21.5 Å². The maximum Gasteiger partial charge on any atom is 0.218 e. The average molecular weight is 351 g/mol. The number of benzene rings is 1. The number of carbonyl (C=O) groups is 1. The fourth-order valence-corrected chi connectivity index (χ4v) is 2.39. The number of hydrogen-bond donors (Lipinski definition) is 0. The van der Waals surface area contributed by atoms with Gasteiger partial charge in [0.25, 0.3) is 0 Å². The van der Waals surface area contributed by atoms with Crippen molar-refractivity contribution in [1.29, 1.82) is 0 Å². The standard InChI is InChI=1S/C13H7Cl4NO2/c1-20-7-4-2-6(3-5-7)18-12-8(14)10(16)13(19)11(17)9(12)15/h2-5H,1H3. The highest BCUT2D eigenvalue weighted by molar-refractivity contribution is 6.70. The molecule has 2 rings (SSSR count). The molecule has 0 fully saturated rings. The summed E-state index contributed by atoms with van der Waals surface area (Å²) >= 11 is 23.6. The summed E-state index contributed by atoms with van der Waals surface area (Å²) in [4.78, 5) is 15.9. The monoisotopic (exact) mass is 349 g/mol. The SMILES string of the molecule is COc1ccc(N=C2C(Cl)=C(Cl)C(=O)C(Cl)=C2Cl)cc1. The van der Waals surface area contributed by atoms with Crippen LogP contribution in [-0.2, 0) is 4.79 Å². The van der Waals surface area contributed by atoms with Gasteiger partial charge in [-0.2, -0.15) is 0 Å². The van der Waals surface area contributed by atoms with Crippen LogP contribution in [0.25, 0.3) is 0 Å². The molecule has 0 radical (unpaired) electrons. The van der Waals surface area contributed by atoms with Crippen LogP contribution in [0.15, 0.2) is 49.4 Å². The Hall–Kier alpha value is -1.000. The third-order valence-electron chi connectivity index (χ3n) is 2.51. The second-order valence-electron chi connectivity index (χ2n) is 3.74. The van der Waals surface area contributed by atoms with Crippen LogP contribution in [0.3, 0.4) is 0 Å². The van der Waals surface area contributed by atoms with Gasteiger partial charge in [0.2, 0.25) is 5.78 Å². The van der Waals surface area contributed by atoms with E-state index in [-0.39, 0.29) is 25.8 Å². The molecule has 1 aromatic rings. The van der Waals surface area contributed by atoms with Gasteiger partial charge in [0.15, 0.2) is 0 Å². The van der Waals surface area contributed by atoms with E-state index in [4.69, 9.17) is 51.1 Å². The molecule has 0 atom stereocenters. The second kappa shape index (κ2) is 6.19. The third-order valence-corrected chi connectivity index (χ3v) is 4.16. The molecule has 0 amide bonds. The molecule has 0 heterocycles. The number of nitrogens with zero attached hydrogens (tertiary/aromatic N) is 1. The normalized spacial score (nSPS) is 15.8. The van der Waals surface area contributed by atoms with Crippen molar-refractivity contribution in [1.82, 2.24) is 0 Å². The molecule has 0 bridgehead atoms. The van der Waals surface area contributed by atoms with E-state index in [1.165, 1.54) is 0 Å². The third kappa shape index (κ3) is 2.86. The fraction of sp³-hybridized carbons (Fsp3) is 0.0769. The van der Waals surface area contributed by atoms with E-state index in [2.05, 4.69) is 4.99 Å². The van der Waals surface area contributed by atoms with Crippen LogP contribution in [0.1, 0.15) is 0 Å². The van der Waals surface area contributed by atoms with E-state index >= 15 is 0 Å². The zero-order valence-electron chi connectivity index (χ0n) is 10.1. The fourth-order valence-electron chi connectivity index (χ4n) is 1.48. The molecule has 0 aliphatic heterocycles. The van der Waals surface area contributed by atoms with Crippen molar-refractivity contribution >= 4 is 63.6 Å². The largest absolute Gasteiger partial charge is 0.497 e. The molecule has 104 valence electrons. The highest BCUT2D eigenvalue weighted by atomic mass is 35.5. The van der Waals surface area contributed by atoms with Gasteiger partial charge in [0, 0.05) is 0 Å². The summed E-state index contributed by atoms with van der Waals surface area (Å²) in [6.45, 7) is 0. The van der Waals surface area contributed by atoms with Crippen LogP contribution in [0.5, 0.6) is 5.75 Å². The first-order valence-corrected chi connectivity index (χ1v) is 6.85. The molecule has 1 aliphatic rings. The molecule has 0 aromatic heterocycles. The molecule has 20 heavy (non-hydrogen) atoms. The first kappa shape index (κ1) is 15.4. The Kier molecular flexibility index (Phi) is 4.76. The minimum absolute atomic E-state index is 0.0260. The van der Waals surface area contributed by atoms with Crippen molar-refractivity contribution < 1.29 is 9.53 Å². The minimum Gasteiger partial charge on any atom is -0.497 e. The number of methoxy groups -OCH3 is 1. The van der Waals surface area contributed by atoms with Crippen LogP contribution < -0.4 is 4.74 Å². The van der Waals surface area contributed by atoms with E-state index in [1.807, 2.05) is 0 Å². The lowest BCUT2D eigenvalue weighted by molar-refractivity contribution is -0.111. The van der Waals surface area contributed by atoms with Gasteiger partial charge in [-0.1, -0.05) is 46.4 Å². The van der Waals surface area contributed by atoms with Crippen molar-refractivity contribution in [3.8, 4) is 5.75 Å². The van der Waals surface area contributed by atoms with E-state index in [0.29, 0.717) is 11.4 Å². The van der Waals surface area contributed by atoms with E-state index < -0.39 is 5.78 Å². The lowest BCUT2D eigenvalue weighted by Gasteiger charge is -2.13. The zero-order valence-corrected chi connectivity index (χ0v) is 13.1. The minimum atomic E-state index is -0.614. The predicted molar refractivity (Wildman–Crippen MR) is 82.6 cm³/mol. The average Bonchev–Trinajstić information content (AvgIpc) is 2.48. The number of halogens is 4. The van der Waals surface area contributed by atoms with Crippen molar-refractivity contribution in [3.63, 3.8) is 0 Å². The second-order valence-corrected chi connectivity index (χ2v) is 5.26. The molecule has 1 aliphatic carbocycles. The summed E-state index contributed by atoms with van der Waals surface area (Å²) in [7, 11) is 1.56. The number of Topliss-reactive ketones (excluding diaryl/α,β-unsaturated/α-hetero) is 1. The molecule has 1 aromatic carbocycles. The number of rotatable bonds is 2. The molecule has 3 nitrogen and oxygen atoms in total. The Morgan fingerprint density at radius 1 is 0.900 bits per heavy atom. The lowest BCUT2D eigenvalue weighted by Crippen LogP contribution is -2.15. The first-order chi connectivity index (χ1) is 9.45. The van der Waals surface area contributed by atoms with Gasteiger partial charge >= 0.3 is 0 Å². The Morgan fingerprint density at radius 2 is 1.40 bits per heavy atom. The Bertz CT molecular complexity index is 629. The highest BCUT2D eigenvalue weighted by Crippen LogP contribution is 2.35. The number of carbonyl (C=O) groups excluding carboxylic acids is 1. The number of allylic oxidation sites excluding steroid dienone is 4. The van der Waals surface area contributed by atoms with Crippen LogP contribution in [0, 0.1) is 0 Å². The first-order valence-electron chi connectivity index (χ1n) is 5.34. The number of aliphatic imine (C=N–C) groups is 1. The van der Waals surface area contributed by atoms with Crippen LogP contribution in [0.2, 0.25) is 0 Å². The quantitative estimate of drug-likeness (QED) is 0.723.